The molecule has 8 nitrogen and oxygen atoms in total. The van der Waals surface area contributed by atoms with Gasteiger partial charge >= 0.3 is 0 Å². The summed E-state index contributed by atoms with van der Waals surface area (Å²) < 4.78 is 6.84. The molecule has 124 valence electrons. The maximum absolute atomic E-state index is 4.98. The Morgan fingerprint density at radius 3 is 3.04 bits per heavy atom. The maximum atomic E-state index is 4.98. The SMILES string of the molecule is CN=C(NCc1noc(C)n1)N1CCC(Cc2cnn(C)c2)C1. The van der Waals surface area contributed by atoms with E-state index >= 15 is 0 Å². The number of hydrogen-bond donors (Lipinski definition) is 1. The number of nitrogens with one attached hydrogen (secondary N) is 1. The zero-order valence-corrected chi connectivity index (χ0v) is 13.9. The van der Waals surface area contributed by atoms with Gasteiger partial charge in [-0.2, -0.15) is 10.1 Å². The second-order valence-corrected chi connectivity index (χ2v) is 5.96. The fraction of sp³-hybridized carbons (Fsp3) is 0.600. The van der Waals surface area contributed by atoms with E-state index in [1.807, 2.05) is 17.9 Å². The van der Waals surface area contributed by atoms with Gasteiger partial charge in [-0.15, -0.1) is 0 Å². The molecular weight excluding hydrogens is 294 g/mol. The van der Waals surface area contributed by atoms with E-state index in [0.717, 1.165) is 31.9 Å². The predicted molar refractivity (Wildman–Crippen MR) is 85.8 cm³/mol. The molecule has 0 bridgehead atoms. The molecule has 0 saturated carbocycles. The number of aryl methyl sites for hydroxylation is 2. The minimum Gasteiger partial charge on any atom is -0.349 e. The third kappa shape index (κ3) is 3.88. The Kier molecular flexibility index (Phi) is 4.59. The number of likely N-dealkylation sites (tertiary alicyclic amines) is 1. The molecule has 1 aliphatic rings. The number of aromatic nitrogens is 4. The molecule has 1 unspecified atom stereocenters. The smallest absolute Gasteiger partial charge is 0.223 e. The molecule has 2 aromatic heterocycles. The van der Waals surface area contributed by atoms with E-state index in [9.17, 15) is 0 Å². The van der Waals surface area contributed by atoms with Gasteiger partial charge in [0.1, 0.15) is 0 Å². The Balaban J connectivity index is 1.51. The van der Waals surface area contributed by atoms with Gasteiger partial charge in [0.2, 0.25) is 5.89 Å². The van der Waals surface area contributed by atoms with Crippen molar-refractivity contribution in [1.82, 2.24) is 30.1 Å². The van der Waals surface area contributed by atoms with Gasteiger partial charge < -0.3 is 14.7 Å². The summed E-state index contributed by atoms with van der Waals surface area (Å²) in [7, 11) is 3.76. The van der Waals surface area contributed by atoms with E-state index in [2.05, 4.69) is 36.6 Å². The van der Waals surface area contributed by atoms with Crippen molar-refractivity contribution in [2.24, 2.45) is 18.0 Å². The summed E-state index contributed by atoms with van der Waals surface area (Å²) >= 11 is 0. The molecule has 1 fully saturated rings. The molecule has 1 saturated heterocycles. The summed E-state index contributed by atoms with van der Waals surface area (Å²) in [5, 5.41) is 11.4. The molecule has 3 rings (SSSR count). The molecular formula is C15H23N7O. The van der Waals surface area contributed by atoms with Crippen LogP contribution < -0.4 is 5.32 Å². The number of rotatable bonds is 4. The summed E-state index contributed by atoms with van der Waals surface area (Å²) in [5.41, 5.74) is 1.30. The van der Waals surface area contributed by atoms with Crippen LogP contribution in [0.25, 0.3) is 0 Å². The van der Waals surface area contributed by atoms with Crippen molar-refractivity contribution in [1.29, 1.82) is 0 Å². The highest BCUT2D eigenvalue weighted by Crippen LogP contribution is 2.20. The van der Waals surface area contributed by atoms with Crippen molar-refractivity contribution in [3.63, 3.8) is 0 Å². The first-order chi connectivity index (χ1) is 11.1. The molecule has 0 aliphatic carbocycles. The van der Waals surface area contributed by atoms with Gasteiger partial charge in [-0.25, -0.2) is 0 Å². The van der Waals surface area contributed by atoms with Crippen molar-refractivity contribution >= 4 is 5.96 Å². The van der Waals surface area contributed by atoms with Crippen LogP contribution in [0.15, 0.2) is 21.9 Å². The monoisotopic (exact) mass is 317 g/mol. The fourth-order valence-corrected chi connectivity index (χ4v) is 3.01. The zero-order chi connectivity index (χ0) is 16.2. The topological polar surface area (TPSA) is 84.4 Å². The Bertz CT molecular complexity index is 675. The predicted octanol–water partition coefficient (Wildman–Crippen LogP) is 0.752. The van der Waals surface area contributed by atoms with Crippen LogP contribution in [0.5, 0.6) is 0 Å². The molecule has 0 radical (unpaired) electrons. The Morgan fingerprint density at radius 1 is 1.52 bits per heavy atom. The molecule has 0 aromatic carbocycles. The minimum atomic E-state index is 0.522. The summed E-state index contributed by atoms with van der Waals surface area (Å²) in [6.07, 6.45) is 6.27. The van der Waals surface area contributed by atoms with Crippen molar-refractivity contribution in [3.8, 4) is 0 Å². The van der Waals surface area contributed by atoms with Gasteiger partial charge in [-0.1, -0.05) is 5.16 Å². The summed E-state index contributed by atoms with van der Waals surface area (Å²) in [6, 6.07) is 0. The van der Waals surface area contributed by atoms with E-state index in [1.165, 1.54) is 5.56 Å². The van der Waals surface area contributed by atoms with E-state index in [1.54, 1.807) is 14.0 Å². The van der Waals surface area contributed by atoms with Gasteiger partial charge in [0, 0.05) is 40.3 Å². The zero-order valence-electron chi connectivity index (χ0n) is 13.9. The van der Waals surface area contributed by atoms with Gasteiger partial charge in [-0.3, -0.25) is 9.67 Å². The first-order valence-electron chi connectivity index (χ1n) is 7.86. The molecule has 3 heterocycles. The first-order valence-corrected chi connectivity index (χ1v) is 7.86. The molecule has 1 N–H and O–H groups in total. The van der Waals surface area contributed by atoms with E-state index in [4.69, 9.17) is 4.52 Å². The average Bonchev–Trinajstić information content (AvgIpc) is 3.24. The maximum Gasteiger partial charge on any atom is 0.223 e. The highest BCUT2D eigenvalue weighted by Gasteiger charge is 2.25. The summed E-state index contributed by atoms with van der Waals surface area (Å²) in [5.74, 6) is 2.75. The Morgan fingerprint density at radius 2 is 2.39 bits per heavy atom. The quantitative estimate of drug-likeness (QED) is 0.662. The van der Waals surface area contributed by atoms with Crippen LogP contribution in [0.3, 0.4) is 0 Å². The third-order valence-electron chi connectivity index (χ3n) is 4.05. The number of nitrogens with zero attached hydrogens (tertiary/aromatic N) is 6. The van der Waals surface area contributed by atoms with Gasteiger partial charge in [0.15, 0.2) is 11.8 Å². The lowest BCUT2D eigenvalue weighted by atomic mass is 10.0. The molecule has 2 aromatic rings. The molecule has 0 spiro atoms. The number of aliphatic imine (C=N–C) groups is 1. The molecule has 1 atom stereocenters. The minimum absolute atomic E-state index is 0.522. The second-order valence-electron chi connectivity index (χ2n) is 5.96. The molecule has 8 heteroatoms. The lowest BCUT2D eigenvalue weighted by Gasteiger charge is -2.21. The van der Waals surface area contributed by atoms with Crippen molar-refractivity contribution in [3.05, 3.63) is 29.7 Å². The van der Waals surface area contributed by atoms with Crippen molar-refractivity contribution in [2.45, 2.75) is 26.3 Å². The lowest BCUT2D eigenvalue weighted by Crippen LogP contribution is -2.39. The molecule has 1 aliphatic heterocycles. The fourth-order valence-electron chi connectivity index (χ4n) is 3.01. The molecule has 0 amide bonds. The summed E-state index contributed by atoms with van der Waals surface area (Å²) in [6.45, 7) is 4.32. The van der Waals surface area contributed by atoms with Crippen LogP contribution in [0, 0.1) is 12.8 Å². The standard InChI is InChI=1S/C15H23N7O/c1-11-19-14(20-23-11)8-17-15(16-2)22-5-4-12(10-22)6-13-7-18-21(3)9-13/h7,9,12H,4-6,8,10H2,1-3H3,(H,16,17). The average molecular weight is 317 g/mol. The third-order valence-corrected chi connectivity index (χ3v) is 4.05. The van der Waals surface area contributed by atoms with Gasteiger partial charge in [0.25, 0.3) is 0 Å². The van der Waals surface area contributed by atoms with Crippen LogP contribution in [0.1, 0.15) is 23.7 Å². The first kappa shape index (κ1) is 15.5. The van der Waals surface area contributed by atoms with E-state index in [-0.39, 0.29) is 0 Å². The van der Waals surface area contributed by atoms with Crippen LogP contribution in [0.2, 0.25) is 0 Å². The highest BCUT2D eigenvalue weighted by atomic mass is 16.5. The number of guanidine groups is 1. The van der Waals surface area contributed by atoms with Gasteiger partial charge in [-0.05, 0) is 24.3 Å². The van der Waals surface area contributed by atoms with Crippen molar-refractivity contribution in [2.75, 3.05) is 20.1 Å². The van der Waals surface area contributed by atoms with E-state index in [0.29, 0.717) is 24.2 Å². The van der Waals surface area contributed by atoms with E-state index < -0.39 is 0 Å². The highest BCUT2D eigenvalue weighted by molar-refractivity contribution is 5.80. The normalized spacial score (nSPS) is 18.7. The Hall–Kier alpha value is -2.38. The van der Waals surface area contributed by atoms with Crippen LogP contribution in [-0.2, 0) is 20.0 Å². The van der Waals surface area contributed by atoms with Crippen LogP contribution >= 0.6 is 0 Å². The lowest BCUT2D eigenvalue weighted by molar-refractivity contribution is 0.386. The van der Waals surface area contributed by atoms with Crippen molar-refractivity contribution < 1.29 is 4.52 Å². The molecule has 23 heavy (non-hydrogen) atoms. The largest absolute Gasteiger partial charge is 0.349 e. The van der Waals surface area contributed by atoms with Crippen LogP contribution in [-0.4, -0.2) is 50.9 Å². The van der Waals surface area contributed by atoms with Crippen LogP contribution in [0.4, 0.5) is 0 Å². The van der Waals surface area contributed by atoms with Gasteiger partial charge in [0.05, 0.1) is 12.7 Å². The summed E-state index contributed by atoms with van der Waals surface area (Å²) in [4.78, 5) is 10.8. The Labute approximate surface area is 135 Å². The number of hydrogen-bond acceptors (Lipinski definition) is 5. The second kappa shape index (κ2) is 6.80.